The molecule has 26 heavy (non-hydrogen) atoms. The largest absolute Gasteiger partial charge is 0.351 e. The van der Waals surface area contributed by atoms with E-state index < -0.39 is 0 Å². The lowest BCUT2D eigenvalue weighted by molar-refractivity contribution is -0.154. The summed E-state index contributed by atoms with van der Waals surface area (Å²) in [5.41, 5.74) is 1.64. The standard InChI is InChI=1S/C22H30N2O2/c1-3-19(25)23-21(2)11-18(12-21)20(26)24-14-22(15-24)10-9-17(13-22)16-7-5-4-6-8-16/h4-8,17-18H,3,9-15H2,1-2H3,(H,23,25)/t17-,18-,21+/m1/s1. The van der Waals surface area contributed by atoms with Gasteiger partial charge in [0.05, 0.1) is 0 Å². The molecule has 0 unspecified atom stereocenters. The quantitative estimate of drug-likeness (QED) is 0.900. The molecule has 0 radical (unpaired) electrons. The monoisotopic (exact) mass is 354 g/mol. The van der Waals surface area contributed by atoms with Gasteiger partial charge in [0, 0.05) is 36.4 Å². The Morgan fingerprint density at radius 3 is 2.50 bits per heavy atom. The molecule has 2 aliphatic carbocycles. The molecule has 3 fully saturated rings. The molecule has 3 aliphatic rings. The van der Waals surface area contributed by atoms with Crippen LogP contribution in [0.3, 0.4) is 0 Å². The van der Waals surface area contributed by atoms with E-state index in [1.807, 2.05) is 6.92 Å². The van der Waals surface area contributed by atoms with Crippen LogP contribution in [0.25, 0.3) is 0 Å². The van der Waals surface area contributed by atoms with Crippen LogP contribution in [0, 0.1) is 11.3 Å². The van der Waals surface area contributed by atoms with Gasteiger partial charge in [0.25, 0.3) is 0 Å². The van der Waals surface area contributed by atoms with Gasteiger partial charge in [-0.2, -0.15) is 0 Å². The van der Waals surface area contributed by atoms with Gasteiger partial charge in [-0.3, -0.25) is 9.59 Å². The van der Waals surface area contributed by atoms with Crippen LogP contribution in [0.1, 0.15) is 63.9 Å². The van der Waals surface area contributed by atoms with Gasteiger partial charge in [-0.1, -0.05) is 37.3 Å². The van der Waals surface area contributed by atoms with Crippen molar-refractivity contribution >= 4 is 11.8 Å². The van der Waals surface area contributed by atoms with Gasteiger partial charge >= 0.3 is 0 Å². The van der Waals surface area contributed by atoms with E-state index in [0.29, 0.717) is 23.7 Å². The number of hydrogen-bond acceptors (Lipinski definition) is 2. The van der Waals surface area contributed by atoms with Gasteiger partial charge < -0.3 is 10.2 Å². The number of likely N-dealkylation sites (tertiary alicyclic amines) is 1. The second-order valence-electron chi connectivity index (χ2n) is 9.11. The van der Waals surface area contributed by atoms with Gasteiger partial charge in [-0.25, -0.2) is 0 Å². The number of benzene rings is 1. The molecule has 1 spiro atoms. The van der Waals surface area contributed by atoms with Crippen LogP contribution in [-0.2, 0) is 9.59 Å². The molecule has 0 bridgehead atoms. The topological polar surface area (TPSA) is 49.4 Å². The minimum absolute atomic E-state index is 0.0826. The summed E-state index contributed by atoms with van der Waals surface area (Å²) >= 11 is 0. The zero-order chi connectivity index (χ0) is 18.4. The molecule has 1 aliphatic heterocycles. The normalized spacial score (nSPS) is 32.0. The number of nitrogens with one attached hydrogen (secondary N) is 1. The fourth-order valence-corrected chi connectivity index (χ4v) is 5.41. The van der Waals surface area contributed by atoms with Crippen molar-refractivity contribution in [3.8, 4) is 0 Å². The Morgan fingerprint density at radius 2 is 1.85 bits per heavy atom. The number of amides is 2. The Kier molecular flexibility index (Phi) is 4.32. The van der Waals surface area contributed by atoms with E-state index in [1.54, 1.807) is 0 Å². The first-order valence-electron chi connectivity index (χ1n) is 10.1. The van der Waals surface area contributed by atoms with Gasteiger partial charge in [-0.15, -0.1) is 0 Å². The van der Waals surface area contributed by atoms with Crippen LogP contribution in [0.5, 0.6) is 0 Å². The molecule has 1 atom stereocenters. The molecule has 4 rings (SSSR count). The molecule has 2 saturated carbocycles. The molecular weight excluding hydrogens is 324 g/mol. The average Bonchev–Trinajstić information content (AvgIpc) is 3.04. The third-order valence-corrected chi connectivity index (χ3v) is 6.84. The van der Waals surface area contributed by atoms with Crippen molar-refractivity contribution in [1.82, 2.24) is 10.2 Å². The van der Waals surface area contributed by atoms with Crippen molar-refractivity contribution in [2.24, 2.45) is 11.3 Å². The maximum absolute atomic E-state index is 12.8. The fourth-order valence-electron chi connectivity index (χ4n) is 5.41. The molecule has 1 aromatic rings. The summed E-state index contributed by atoms with van der Waals surface area (Å²) in [6.07, 6.45) is 5.78. The van der Waals surface area contributed by atoms with E-state index >= 15 is 0 Å². The molecule has 1 heterocycles. The third-order valence-electron chi connectivity index (χ3n) is 6.84. The van der Waals surface area contributed by atoms with Crippen molar-refractivity contribution in [1.29, 1.82) is 0 Å². The summed E-state index contributed by atoms with van der Waals surface area (Å²) in [5.74, 6) is 1.15. The molecule has 2 amide bonds. The summed E-state index contributed by atoms with van der Waals surface area (Å²) in [4.78, 5) is 26.4. The first-order valence-corrected chi connectivity index (χ1v) is 10.1. The zero-order valence-corrected chi connectivity index (χ0v) is 16.0. The first-order chi connectivity index (χ1) is 12.4. The van der Waals surface area contributed by atoms with Crippen molar-refractivity contribution < 1.29 is 9.59 Å². The number of carbonyl (C=O) groups excluding carboxylic acids is 2. The summed E-state index contributed by atoms with van der Waals surface area (Å²) < 4.78 is 0. The number of nitrogens with zero attached hydrogens (tertiary/aromatic N) is 1. The van der Waals surface area contributed by atoms with E-state index in [9.17, 15) is 9.59 Å². The zero-order valence-electron chi connectivity index (χ0n) is 16.0. The lowest BCUT2D eigenvalue weighted by atomic mass is 9.67. The minimum atomic E-state index is -0.179. The predicted molar refractivity (Wildman–Crippen MR) is 102 cm³/mol. The molecule has 4 heteroatoms. The summed E-state index contributed by atoms with van der Waals surface area (Å²) in [5, 5.41) is 3.07. The smallest absolute Gasteiger partial charge is 0.225 e. The van der Waals surface area contributed by atoms with E-state index in [2.05, 4.69) is 47.5 Å². The van der Waals surface area contributed by atoms with Gasteiger partial charge in [0.2, 0.25) is 11.8 Å². The van der Waals surface area contributed by atoms with Crippen molar-refractivity contribution in [2.75, 3.05) is 13.1 Å². The van der Waals surface area contributed by atoms with Crippen molar-refractivity contribution in [2.45, 2.75) is 63.8 Å². The van der Waals surface area contributed by atoms with Crippen molar-refractivity contribution in [3.05, 3.63) is 35.9 Å². The molecule has 1 N–H and O–H groups in total. The minimum Gasteiger partial charge on any atom is -0.351 e. The van der Waals surface area contributed by atoms with E-state index in [1.165, 1.54) is 24.8 Å². The van der Waals surface area contributed by atoms with Crippen LogP contribution in [0.4, 0.5) is 0 Å². The van der Waals surface area contributed by atoms with Gasteiger partial charge in [-0.05, 0) is 50.5 Å². The maximum atomic E-state index is 12.8. The van der Waals surface area contributed by atoms with Crippen LogP contribution in [-0.4, -0.2) is 35.3 Å². The number of hydrogen-bond donors (Lipinski definition) is 1. The van der Waals surface area contributed by atoms with E-state index in [-0.39, 0.29) is 17.4 Å². The molecule has 0 aromatic heterocycles. The fraction of sp³-hybridized carbons (Fsp3) is 0.636. The Bertz CT molecular complexity index is 687. The highest BCUT2D eigenvalue weighted by molar-refractivity contribution is 5.82. The molecule has 1 aromatic carbocycles. The van der Waals surface area contributed by atoms with Crippen molar-refractivity contribution in [3.63, 3.8) is 0 Å². The van der Waals surface area contributed by atoms with Gasteiger partial charge in [0.1, 0.15) is 0 Å². The summed E-state index contributed by atoms with van der Waals surface area (Å²) in [6.45, 7) is 5.79. The Labute approximate surface area is 156 Å². The Morgan fingerprint density at radius 1 is 1.15 bits per heavy atom. The lowest BCUT2D eigenvalue weighted by Gasteiger charge is -2.53. The highest BCUT2D eigenvalue weighted by atomic mass is 16.2. The number of carbonyl (C=O) groups is 2. The van der Waals surface area contributed by atoms with E-state index in [4.69, 9.17) is 0 Å². The molecular formula is C22H30N2O2. The average molecular weight is 354 g/mol. The predicted octanol–water partition coefficient (Wildman–Crippen LogP) is 3.48. The molecule has 1 saturated heterocycles. The summed E-state index contributed by atoms with van der Waals surface area (Å²) in [7, 11) is 0. The maximum Gasteiger partial charge on any atom is 0.225 e. The number of rotatable bonds is 4. The Hall–Kier alpha value is -1.84. The van der Waals surface area contributed by atoms with Gasteiger partial charge in [0.15, 0.2) is 0 Å². The lowest BCUT2D eigenvalue weighted by Crippen LogP contribution is -2.63. The highest BCUT2D eigenvalue weighted by Crippen LogP contribution is 2.52. The first kappa shape index (κ1) is 17.6. The second-order valence-corrected chi connectivity index (χ2v) is 9.11. The SMILES string of the molecule is CCC(=O)N[C@]1(C)C[C@H](C(=O)N2CC3(CC[C@@H](c4ccccc4)C3)C2)C1. The van der Waals surface area contributed by atoms with E-state index in [0.717, 1.165) is 25.9 Å². The van der Waals surface area contributed by atoms with Crippen LogP contribution >= 0.6 is 0 Å². The molecule has 4 nitrogen and oxygen atoms in total. The Balaban J connectivity index is 1.27. The molecule has 140 valence electrons. The van der Waals surface area contributed by atoms with Crippen LogP contribution < -0.4 is 5.32 Å². The van der Waals surface area contributed by atoms with Crippen LogP contribution in [0.15, 0.2) is 30.3 Å². The summed E-state index contributed by atoms with van der Waals surface area (Å²) in [6, 6.07) is 10.8. The van der Waals surface area contributed by atoms with Crippen LogP contribution in [0.2, 0.25) is 0 Å². The highest BCUT2D eigenvalue weighted by Gasteiger charge is 2.53. The third kappa shape index (κ3) is 3.15. The second kappa shape index (κ2) is 6.40.